The van der Waals surface area contributed by atoms with Crippen molar-refractivity contribution < 1.29 is 9.53 Å². The molecular formula is C17H28N4O2. The van der Waals surface area contributed by atoms with Crippen molar-refractivity contribution in [2.24, 2.45) is 13.0 Å². The number of aryl methyl sites for hydroxylation is 1. The van der Waals surface area contributed by atoms with Gasteiger partial charge in [-0.15, -0.1) is 0 Å². The number of rotatable bonds is 7. The summed E-state index contributed by atoms with van der Waals surface area (Å²) in [5.74, 6) is 0.926. The molecule has 1 amide bonds. The van der Waals surface area contributed by atoms with Crippen molar-refractivity contribution in [2.75, 3.05) is 33.8 Å². The minimum Gasteiger partial charge on any atom is -0.376 e. The third kappa shape index (κ3) is 4.32. The van der Waals surface area contributed by atoms with Crippen molar-refractivity contribution in [3.05, 3.63) is 18.0 Å². The lowest BCUT2D eigenvalue weighted by Gasteiger charge is -2.28. The van der Waals surface area contributed by atoms with Crippen molar-refractivity contribution in [1.82, 2.24) is 19.6 Å². The van der Waals surface area contributed by atoms with E-state index in [0.717, 1.165) is 31.9 Å². The molecule has 0 N–H and O–H groups in total. The van der Waals surface area contributed by atoms with Crippen LogP contribution in [0.1, 0.15) is 24.8 Å². The molecule has 3 rings (SSSR count). The van der Waals surface area contributed by atoms with Gasteiger partial charge in [0, 0.05) is 46.5 Å². The molecule has 128 valence electrons. The summed E-state index contributed by atoms with van der Waals surface area (Å²) in [5, 5.41) is 4.26. The van der Waals surface area contributed by atoms with E-state index >= 15 is 0 Å². The predicted molar refractivity (Wildman–Crippen MR) is 88.0 cm³/mol. The van der Waals surface area contributed by atoms with Crippen LogP contribution in [-0.4, -0.2) is 71.4 Å². The van der Waals surface area contributed by atoms with Gasteiger partial charge >= 0.3 is 0 Å². The molecule has 1 saturated carbocycles. The number of amides is 1. The monoisotopic (exact) mass is 320 g/mol. The Bertz CT molecular complexity index is 538. The quantitative estimate of drug-likeness (QED) is 0.750. The number of hydrogen-bond acceptors (Lipinski definition) is 4. The lowest BCUT2D eigenvalue weighted by Crippen LogP contribution is -2.43. The van der Waals surface area contributed by atoms with E-state index in [1.165, 1.54) is 18.4 Å². The Balaban J connectivity index is 1.65. The summed E-state index contributed by atoms with van der Waals surface area (Å²) in [4.78, 5) is 16.1. The number of likely N-dealkylation sites (tertiary alicyclic amines) is 1. The van der Waals surface area contributed by atoms with Crippen LogP contribution in [0.3, 0.4) is 0 Å². The second-order valence-corrected chi connectivity index (χ2v) is 7.16. The molecule has 0 bridgehead atoms. The molecule has 1 aliphatic heterocycles. The maximum Gasteiger partial charge on any atom is 0.236 e. The van der Waals surface area contributed by atoms with Gasteiger partial charge in [0.05, 0.1) is 18.8 Å². The first-order valence-electron chi connectivity index (χ1n) is 8.56. The standard InChI is InChI=1S/C17H28N4O2/c1-19(2)17(22)11-21-7-6-16(23-12-13-4-5-13)15(21)8-14-9-18-20(3)10-14/h9-10,13,15-16H,4-8,11-12H2,1-3H3/t15-,16-/m0/s1. The van der Waals surface area contributed by atoms with Crippen LogP contribution in [0.25, 0.3) is 0 Å². The fourth-order valence-corrected chi connectivity index (χ4v) is 3.22. The molecule has 2 aliphatic rings. The van der Waals surface area contributed by atoms with E-state index in [2.05, 4.69) is 16.2 Å². The van der Waals surface area contributed by atoms with E-state index in [4.69, 9.17) is 4.74 Å². The molecule has 0 radical (unpaired) electrons. The second kappa shape index (κ2) is 7.01. The maximum absolute atomic E-state index is 12.1. The molecule has 1 aliphatic carbocycles. The molecule has 6 heteroatoms. The molecule has 1 aromatic rings. The van der Waals surface area contributed by atoms with Crippen LogP contribution in [0.5, 0.6) is 0 Å². The van der Waals surface area contributed by atoms with E-state index in [1.807, 2.05) is 32.0 Å². The van der Waals surface area contributed by atoms with E-state index in [9.17, 15) is 4.79 Å². The third-order valence-electron chi connectivity index (χ3n) is 4.88. The second-order valence-electron chi connectivity index (χ2n) is 7.16. The van der Waals surface area contributed by atoms with Gasteiger partial charge in [0.25, 0.3) is 0 Å². The Hall–Kier alpha value is -1.40. The molecular weight excluding hydrogens is 292 g/mol. The van der Waals surface area contributed by atoms with Crippen LogP contribution in [0.2, 0.25) is 0 Å². The van der Waals surface area contributed by atoms with Gasteiger partial charge in [-0.2, -0.15) is 5.10 Å². The summed E-state index contributed by atoms with van der Waals surface area (Å²) in [7, 11) is 5.57. The van der Waals surface area contributed by atoms with Gasteiger partial charge in [-0.25, -0.2) is 0 Å². The average molecular weight is 320 g/mol. The summed E-state index contributed by atoms with van der Waals surface area (Å²) < 4.78 is 8.03. The summed E-state index contributed by atoms with van der Waals surface area (Å²) in [5.41, 5.74) is 1.21. The van der Waals surface area contributed by atoms with E-state index in [0.29, 0.717) is 6.54 Å². The Kier molecular flexibility index (Phi) is 5.02. The first-order valence-corrected chi connectivity index (χ1v) is 8.56. The molecule has 2 fully saturated rings. The molecule has 6 nitrogen and oxygen atoms in total. The molecule has 23 heavy (non-hydrogen) atoms. The summed E-state index contributed by atoms with van der Waals surface area (Å²) in [6, 6.07) is 0.266. The lowest BCUT2D eigenvalue weighted by molar-refractivity contribution is -0.130. The van der Waals surface area contributed by atoms with Gasteiger partial charge in [0.15, 0.2) is 0 Å². The van der Waals surface area contributed by atoms with Crippen LogP contribution in [0.4, 0.5) is 0 Å². The molecule has 1 saturated heterocycles. The summed E-state index contributed by atoms with van der Waals surface area (Å²) in [6.45, 7) is 2.28. The first-order chi connectivity index (χ1) is 11.0. The zero-order valence-electron chi connectivity index (χ0n) is 14.4. The predicted octanol–water partition coefficient (Wildman–Crippen LogP) is 0.920. The van der Waals surface area contributed by atoms with Gasteiger partial charge in [-0.1, -0.05) is 0 Å². The van der Waals surface area contributed by atoms with E-state index < -0.39 is 0 Å². The number of nitrogens with zero attached hydrogens (tertiary/aromatic N) is 4. The zero-order chi connectivity index (χ0) is 16.4. The highest BCUT2D eigenvalue weighted by Gasteiger charge is 2.37. The van der Waals surface area contributed by atoms with Gasteiger partial charge in [0.1, 0.15) is 0 Å². The van der Waals surface area contributed by atoms with Crippen molar-refractivity contribution in [3.63, 3.8) is 0 Å². The number of aromatic nitrogens is 2. The fourth-order valence-electron chi connectivity index (χ4n) is 3.22. The molecule has 1 aromatic heterocycles. The van der Waals surface area contributed by atoms with Crippen LogP contribution in [0.15, 0.2) is 12.4 Å². The maximum atomic E-state index is 12.1. The Morgan fingerprint density at radius 2 is 2.17 bits per heavy atom. The molecule has 0 spiro atoms. The number of carbonyl (C=O) groups excluding carboxylic acids is 1. The highest BCUT2D eigenvalue weighted by molar-refractivity contribution is 5.77. The molecule has 2 heterocycles. The topological polar surface area (TPSA) is 50.6 Å². The van der Waals surface area contributed by atoms with Crippen LogP contribution >= 0.6 is 0 Å². The summed E-state index contributed by atoms with van der Waals surface area (Å²) in [6.07, 6.45) is 8.73. The van der Waals surface area contributed by atoms with E-state index in [-0.39, 0.29) is 18.1 Å². The molecule has 2 atom stereocenters. The largest absolute Gasteiger partial charge is 0.376 e. The smallest absolute Gasteiger partial charge is 0.236 e. The number of hydrogen-bond donors (Lipinski definition) is 0. The number of likely N-dealkylation sites (N-methyl/N-ethyl adjacent to an activating group) is 1. The fraction of sp³-hybridized carbons (Fsp3) is 0.765. The van der Waals surface area contributed by atoms with Crippen molar-refractivity contribution in [2.45, 2.75) is 37.8 Å². The van der Waals surface area contributed by atoms with Crippen molar-refractivity contribution in [1.29, 1.82) is 0 Å². The van der Waals surface area contributed by atoms with Crippen LogP contribution in [-0.2, 0) is 23.0 Å². The Morgan fingerprint density at radius 3 is 2.78 bits per heavy atom. The van der Waals surface area contributed by atoms with Crippen molar-refractivity contribution in [3.8, 4) is 0 Å². The highest BCUT2D eigenvalue weighted by Crippen LogP contribution is 2.31. The van der Waals surface area contributed by atoms with Gasteiger partial charge < -0.3 is 9.64 Å². The van der Waals surface area contributed by atoms with Gasteiger partial charge in [0.2, 0.25) is 5.91 Å². The normalized spacial score (nSPS) is 25.0. The average Bonchev–Trinajstić information content (AvgIpc) is 3.15. The van der Waals surface area contributed by atoms with E-state index in [1.54, 1.807) is 4.90 Å². The minimum absolute atomic E-state index is 0.157. The van der Waals surface area contributed by atoms with Gasteiger partial charge in [-0.05, 0) is 37.2 Å². The van der Waals surface area contributed by atoms with Crippen molar-refractivity contribution >= 4 is 5.91 Å². The van der Waals surface area contributed by atoms with Crippen LogP contribution < -0.4 is 0 Å². The van der Waals surface area contributed by atoms with Crippen LogP contribution in [0, 0.1) is 5.92 Å². The first kappa shape index (κ1) is 16.5. The number of ether oxygens (including phenoxy) is 1. The summed E-state index contributed by atoms with van der Waals surface area (Å²) >= 11 is 0. The van der Waals surface area contributed by atoms with Gasteiger partial charge in [-0.3, -0.25) is 14.4 Å². The number of carbonyl (C=O) groups is 1. The lowest BCUT2D eigenvalue weighted by atomic mass is 10.0. The minimum atomic E-state index is 0.157. The molecule has 0 unspecified atom stereocenters. The highest BCUT2D eigenvalue weighted by atomic mass is 16.5. The SMILES string of the molecule is CN(C)C(=O)CN1CC[C@H](OCC2CC2)[C@@H]1Cc1cnn(C)c1. The Morgan fingerprint density at radius 1 is 1.39 bits per heavy atom. The molecule has 0 aromatic carbocycles. The Labute approximate surface area is 138 Å². The zero-order valence-corrected chi connectivity index (χ0v) is 14.4. The third-order valence-corrected chi connectivity index (χ3v) is 4.88.